The lowest BCUT2D eigenvalue weighted by Crippen LogP contribution is -2.60. The van der Waals surface area contributed by atoms with Crippen LogP contribution < -0.4 is 27.4 Å². The van der Waals surface area contributed by atoms with Gasteiger partial charge in [-0.25, -0.2) is 9.78 Å². The molecule has 4 amide bonds. The van der Waals surface area contributed by atoms with Gasteiger partial charge in [-0.3, -0.25) is 19.2 Å². The van der Waals surface area contributed by atoms with Crippen molar-refractivity contribution < 1.29 is 34.2 Å². The van der Waals surface area contributed by atoms with Crippen LogP contribution >= 0.6 is 12.6 Å². The fraction of sp³-hybridized carbons (Fsp3) is 0.529. The van der Waals surface area contributed by atoms with Gasteiger partial charge in [0.25, 0.3) is 0 Å². The smallest absolute Gasteiger partial charge is 0.327 e. The van der Waals surface area contributed by atoms with Crippen molar-refractivity contribution in [2.45, 2.75) is 50.0 Å². The second kappa shape index (κ2) is 12.6. The molecule has 5 atom stereocenters. The van der Waals surface area contributed by atoms with Gasteiger partial charge in [-0.1, -0.05) is 0 Å². The number of H-pyrrole nitrogens is 1. The highest BCUT2D eigenvalue weighted by molar-refractivity contribution is 7.80. The van der Waals surface area contributed by atoms with Crippen LogP contribution in [0.4, 0.5) is 0 Å². The molecule has 15 heteroatoms. The van der Waals surface area contributed by atoms with Gasteiger partial charge in [0, 0.05) is 24.1 Å². The summed E-state index contributed by atoms with van der Waals surface area (Å²) < 4.78 is 0. The third kappa shape index (κ3) is 8.52. The Balaban J connectivity index is 2.88. The SMILES string of the molecule is CC(O)C(NC(=O)C(N)Cc1cnc[nH]1)C(=O)NC(CC(N)=O)C(=O)NC(CS)C(=O)O. The van der Waals surface area contributed by atoms with Crippen molar-refractivity contribution in [3.8, 4) is 0 Å². The van der Waals surface area contributed by atoms with Crippen LogP contribution in [0.5, 0.6) is 0 Å². The van der Waals surface area contributed by atoms with Gasteiger partial charge in [-0.05, 0) is 6.92 Å². The molecular formula is C17H27N7O7S. The molecule has 1 aromatic rings. The molecule has 0 radical (unpaired) electrons. The molecule has 0 bridgehead atoms. The van der Waals surface area contributed by atoms with Crippen molar-refractivity contribution in [3.63, 3.8) is 0 Å². The number of carbonyl (C=O) groups is 5. The average Bonchev–Trinajstić information content (AvgIpc) is 3.21. The molecule has 0 saturated carbocycles. The van der Waals surface area contributed by atoms with E-state index in [1.54, 1.807) is 0 Å². The number of imidazole rings is 1. The molecule has 0 aliphatic rings. The van der Waals surface area contributed by atoms with Crippen LogP contribution in [-0.4, -0.2) is 85.8 Å². The number of nitrogens with two attached hydrogens (primary N) is 2. The van der Waals surface area contributed by atoms with Crippen molar-refractivity contribution >= 4 is 42.2 Å². The van der Waals surface area contributed by atoms with Crippen LogP contribution in [0.15, 0.2) is 12.5 Å². The summed E-state index contributed by atoms with van der Waals surface area (Å²) >= 11 is 3.81. The lowest BCUT2D eigenvalue weighted by Gasteiger charge is -2.25. The first kappa shape index (κ1) is 26.9. The van der Waals surface area contributed by atoms with Crippen LogP contribution in [-0.2, 0) is 30.4 Å². The number of nitrogens with one attached hydrogen (secondary N) is 4. The van der Waals surface area contributed by atoms with E-state index in [9.17, 15) is 29.1 Å². The summed E-state index contributed by atoms with van der Waals surface area (Å²) in [7, 11) is 0. The van der Waals surface area contributed by atoms with Gasteiger partial charge in [0.15, 0.2) is 0 Å². The van der Waals surface area contributed by atoms with Crippen molar-refractivity contribution in [3.05, 3.63) is 18.2 Å². The Morgan fingerprint density at radius 2 is 1.75 bits per heavy atom. The van der Waals surface area contributed by atoms with Gasteiger partial charge < -0.3 is 42.6 Å². The normalized spacial score (nSPS) is 15.5. The predicted molar refractivity (Wildman–Crippen MR) is 113 cm³/mol. The summed E-state index contributed by atoms with van der Waals surface area (Å²) in [5.74, 6) is -5.37. The molecule has 5 unspecified atom stereocenters. The zero-order chi connectivity index (χ0) is 24.4. The molecule has 0 fully saturated rings. The summed E-state index contributed by atoms with van der Waals surface area (Å²) in [5, 5.41) is 25.6. The van der Waals surface area contributed by atoms with Crippen LogP contribution in [0.25, 0.3) is 0 Å². The number of hydrogen-bond donors (Lipinski definition) is 9. The number of aromatic nitrogens is 2. The molecule has 14 nitrogen and oxygen atoms in total. The molecule has 0 aliphatic carbocycles. The summed E-state index contributed by atoms with van der Waals surface area (Å²) in [6, 6.07) is -5.55. The highest BCUT2D eigenvalue weighted by Gasteiger charge is 2.33. The molecule has 0 spiro atoms. The quantitative estimate of drug-likeness (QED) is 0.127. The van der Waals surface area contributed by atoms with Crippen LogP contribution in [0, 0.1) is 0 Å². The number of carboxylic acids is 1. The first-order valence-electron chi connectivity index (χ1n) is 9.40. The van der Waals surface area contributed by atoms with E-state index in [1.807, 2.05) is 0 Å². The molecule has 1 rings (SSSR count). The number of primary amides is 1. The van der Waals surface area contributed by atoms with E-state index in [1.165, 1.54) is 19.4 Å². The maximum atomic E-state index is 12.6. The Bertz CT molecular complexity index is 818. The number of aliphatic carboxylic acids is 1. The van der Waals surface area contributed by atoms with E-state index < -0.39 is 66.3 Å². The van der Waals surface area contributed by atoms with Gasteiger partial charge >= 0.3 is 5.97 Å². The molecule has 0 aromatic carbocycles. The number of rotatable bonds is 13. The first-order valence-corrected chi connectivity index (χ1v) is 10.0. The summed E-state index contributed by atoms with van der Waals surface area (Å²) in [6.45, 7) is 1.22. The largest absolute Gasteiger partial charge is 0.480 e. The highest BCUT2D eigenvalue weighted by atomic mass is 32.1. The average molecular weight is 474 g/mol. The molecule has 0 saturated heterocycles. The maximum Gasteiger partial charge on any atom is 0.327 e. The molecule has 1 aromatic heterocycles. The number of carbonyl (C=O) groups excluding carboxylic acids is 4. The molecular weight excluding hydrogens is 446 g/mol. The fourth-order valence-electron chi connectivity index (χ4n) is 2.52. The van der Waals surface area contributed by atoms with E-state index in [0.29, 0.717) is 5.69 Å². The fourth-order valence-corrected chi connectivity index (χ4v) is 2.77. The van der Waals surface area contributed by atoms with E-state index in [0.717, 1.165) is 0 Å². The number of aliphatic hydroxyl groups is 1. The number of hydrogen-bond acceptors (Lipinski definition) is 9. The van der Waals surface area contributed by atoms with Gasteiger partial charge in [-0.2, -0.15) is 12.6 Å². The molecule has 1 heterocycles. The van der Waals surface area contributed by atoms with Crippen LogP contribution in [0.2, 0.25) is 0 Å². The molecule has 0 aliphatic heterocycles. The van der Waals surface area contributed by atoms with Crippen molar-refractivity contribution in [2.75, 3.05) is 5.75 Å². The number of aromatic amines is 1. The lowest BCUT2D eigenvalue weighted by atomic mass is 10.1. The maximum absolute atomic E-state index is 12.6. The second-order valence-corrected chi connectivity index (χ2v) is 7.29. The van der Waals surface area contributed by atoms with Crippen molar-refractivity contribution in [1.82, 2.24) is 25.9 Å². The van der Waals surface area contributed by atoms with Gasteiger partial charge in [0.05, 0.1) is 24.9 Å². The molecule has 178 valence electrons. The number of aliphatic hydroxyl groups excluding tert-OH is 1. The Morgan fingerprint density at radius 1 is 1.12 bits per heavy atom. The minimum atomic E-state index is -1.56. The standard InChI is InChI=1S/C17H27N7O7S/c1-7(25)13(24-14(27)9(18)2-8-4-20-6-21-8)16(29)22-10(3-12(19)26)15(28)23-11(5-32)17(30)31/h4,6-7,9-11,13,25,32H,2-3,5,18H2,1H3,(H2,19,26)(H,20,21)(H,22,29)(H,23,28)(H,24,27)(H,30,31). The third-order valence-electron chi connectivity index (χ3n) is 4.23. The number of amides is 4. The Hall–Kier alpha value is -3.17. The van der Waals surface area contributed by atoms with Crippen molar-refractivity contribution in [2.24, 2.45) is 11.5 Å². The Labute approximate surface area is 188 Å². The number of thiol groups is 1. The second-order valence-electron chi connectivity index (χ2n) is 6.93. The zero-order valence-electron chi connectivity index (χ0n) is 17.1. The van der Waals surface area contributed by atoms with E-state index in [2.05, 4.69) is 38.5 Å². The number of nitrogens with zero attached hydrogens (tertiary/aromatic N) is 1. The zero-order valence-corrected chi connectivity index (χ0v) is 18.0. The monoisotopic (exact) mass is 473 g/mol. The summed E-state index contributed by atoms with van der Waals surface area (Å²) in [5.41, 5.74) is 11.5. The Morgan fingerprint density at radius 3 is 2.22 bits per heavy atom. The van der Waals surface area contributed by atoms with Crippen molar-refractivity contribution in [1.29, 1.82) is 0 Å². The van der Waals surface area contributed by atoms with Crippen LogP contribution in [0.3, 0.4) is 0 Å². The molecule has 10 N–H and O–H groups in total. The van der Waals surface area contributed by atoms with Crippen LogP contribution in [0.1, 0.15) is 19.0 Å². The predicted octanol–water partition coefficient (Wildman–Crippen LogP) is -4.00. The summed E-state index contributed by atoms with van der Waals surface area (Å²) in [4.78, 5) is 66.4. The first-order chi connectivity index (χ1) is 15.0. The topological polar surface area (TPSA) is 243 Å². The third-order valence-corrected chi connectivity index (χ3v) is 4.59. The summed E-state index contributed by atoms with van der Waals surface area (Å²) in [6.07, 6.45) is 0.885. The van der Waals surface area contributed by atoms with E-state index in [4.69, 9.17) is 16.6 Å². The highest BCUT2D eigenvalue weighted by Crippen LogP contribution is 2.02. The Kier molecular flexibility index (Phi) is 10.6. The van der Waals surface area contributed by atoms with E-state index >= 15 is 0 Å². The minimum Gasteiger partial charge on any atom is -0.480 e. The van der Waals surface area contributed by atoms with Gasteiger partial charge in [0.1, 0.15) is 18.1 Å². The van der Waals surface area contributed by atoms with Gasteiger partial charge in [-0.15, -0.1) is 0 Å². The number of carboxylic acid groups (broad SMARTS) is 1. The van der Waals surface area contributed by atoms with Gasteiger partial charge in [0.2, 0.25) is 23.6 Å². The molecule has 32 heavy (non-hydrogen) atoms. The van der Waals surface area contributed by atoms with E-state index in [-0.39, 0.29) is 12.2 Å². The minimum absolute atomic E-state index is 0.0764. The lowest BCUT2D eigenvalue weighted by molar-refractivity contribution is -0.142.